The van der Waals surface area contributed by atoms with E-state index in [2.05, 4.69) is 53.7 Å². The number of carboxylic acid groups (broad SMARTS) is 1. The van der Waals surface area contributed by atoms with Gasteiger partial charge in [0, 0.05) is 13.9 Å². The van der Waals surface area contributed by atoms with Crippen molar-refractivity contribution in [1.82, 2.24) is 19.9 Å². The number of fused-ring (bicyclic) bond motifs is 2. The normalized spacial score (nSPS) is 9.31. The number of halogens is 5. The summed E-state index contributed by atoms with van der Waals surface area (Å²) in [7, 11) is 0. The summed E-state index contributed by atoms with van der Waals surface area (Å²) < 4.78 is 9.51. The number of carboxylic acids is 1. The summed E-state index contributed by atoms with van der Waals surface area (Å²) in [5.41, 5.74) is 6.30. The molecule has 0 aliphatic carbocycles. The first kappa shape index (κ1) is 44.0. The van der Waals surface area contributed by atoms with E-state index in [1.54, 1.807) is 42.5 Å². The van der Waals surface area contributed by atoms with Gasteiger partial charge in [-0.15, -0.1) is 0 Å². The first-order chi connectivity index (χ1) is 21.3. The molecule has 0 spiro atoms. The molecule has 3 aromatic carbocycles. The fraction of sp³-hybridized carbons (Fsp3) is 0.207. The number of H-pyrrole nitrogens is 2. The standard InChI is InChI=1S/C8H4Cl2N2.C8H6N2O2.C7H7NO2.3C2H6.Cl3OP.2H2/c9-7-5-3-1-2-4-6(5)11-8(10)12-7;11-7-5-3-1-2-4-6(5)9-8(12)10-7;8-6-4-2-1-3-5(6)7(9)10;3*1-2;1-5(2,3)4;;/h1-4H;1-4H,(H2,9,10,11,12);1-4H,8H2,(H,9,10);3*1-2H3;;2*1H/i;;;;;;;2*1+1. The van der Waals surface area contributed by atoms with Crippen molar-refractivity contribution in [2.45, 2.75) is 41.5 Å². The van der Waals surface area contributed by atoms with Gasteiger partial charge in [-0.25, -0.2) is 19.6 Å². The predicted octanol–water partition coefficient (Wildman–Crippen LogP) is 10.5. The van der Waals surface area contributed by atoms with Gasteiger partial charge < -0.3 is 15.8 Å². The van der Waals surface area contributed by atoms with Crippen LogP contribution in [0, 0.1) is 0 Å². The van der Waals surface area contributed by atoms with Crippen LogP contribution in [0.15, 0.2) is 82.4 Å². The number of aromatic carboxylic acids is 1. The molecule has 0 atom stereocenters. The summed E-state index contributed by atoms with van der Waals surface area (Å²) in [5, 5.41) is 7.16. The second kappa shape index (κ2) is 24.2. The highest BCUT2D eigenvalue weighted by molar-refractivity contribution is 8.24. The molecule has 0 fully saturated rings. The van der Waals surface area contributed by atoms with Crippen molar-refractivity contribution in [3.05, 3.63) is 110 Å². The Bertz CT molecular complexity index is 1770. The first-order valence-electron chi connectivity index (χ1n) is 13.3. The van der Waals surface area contributed by atoms with Crippen LogP contribution in [0.3, 0.4) is 0 Å². The molecule has 250 valence electrons. The number of nitrogens with zero attached hydrogens (tertiary/aromatic N) is 2. The summed E-state index contributed by atoms with van der Waals surface area (Å²) >= 11 is 25.3. The molecule has 0 bridgehead atoms. The van der Waals surface area contributed by atoms with Crippen LogP contribution in [-0.2, 0) is 4.57 Å². The molecule has 0 aliphatic heterocycles. The van der Waals surface area contributed by atoms with E-state index in [-0.39, 0.29) is 19.3 Å². The Morgan fingerprint density at radius 2 is 1.24 bits per heavy atom. The summed E-state index contributed by atoms with van der Waals surface area (Å²) in [6, 6.07) is 20.7. The zero-order valence-electron chi connectivity index (χ0n) is 25.3. The molecular weight excluding hydrogens is 707 g/mol. The summed E-state index contributed by atoms with van der Waals surface area (Å²) in [5.74, 6) is -0.988. The molecule has 45 heavy (non-hydrogen) atoms. The van der Waals surface area contributed by atoms with Gasteiger partial charge in [0.05, 0.1) is 22.0 Å². The fourth-order valence-electron chi connectivity index (χ4n) is 2.82. The summed E-state index contributed by atoms with van der Waals surface area (Å²) in [6.45, 7) is 12.0. The number of nitrogens with two attached hydrogens (primary N) is 1. The predicted molar refractivity (Wildman–Crippen MR) is 196 cm³/mol. The maximum absolute atomic E-state index is 11.1. The Kier molecular flexibility index (Phi) is 23.6. The molecule has 5 aromatic rings. The molecule has 0 unspecified atom stereocenters. The molecule has 2 aromatic heterocycles. The van der Waals surface area contributed by atoms with Gasteiger partial charge in [-0.05, 0) is 81.7 Å². The molecule has 0 saturated carbocycles. The van der Waals surface area contributed by atoms with E-state index in [0.717, 1.165) is 10.9 Å². The second-order valence-electron chi connectivity index (χ2n) is 7.05. The van der Waals surface area contributed by atoms with Gasteiger partial charge in [-0.1, -0.05) is 89.5 Å². The lowest BCUT2D eigenvalue weighted by Crippen LogP contribution is -2.21. The Hall–Kier alpha value is -3.11. The highest BCUT2D eigenvalue weighted by Gasteiger charge is 2.04. The van der Waals surface area contributed by atoms with Gasteiger partial charge in [-0.2, -0.15) is 0 Å². The van der Waals surface area contributed by atoms with Gasteiger partial charge >= 0.3 is 16.9 Å². The molecular formula is C29H39Cl5N5O5P. The quantitative estimate of drug-likeness (QED) is 0.0567. The number of carbonyl (C=O) groups is 1. The highest BCUT2D eigenvalue weighted by Crippen LogP contribution is 2.61. The van der Waals surface area contributed by atoms with Crippen molar-refractivity contribution in [2.24, 2.45) is 0 Å². The smallest absolute Gasteiger partial charge is 0.339 e. The van der Waals surface area contributed by atoms with Crippen molar-refractivity contribution in [2.75, 3.05) is 5.73 Å². The largest absolute Gasteiger partial charge is 0.478 e. The maximum Gasteiger partial charge on any atom is 0.339 e. The number of hydrogen-bond donors (Lipinski definition) is 4. The highest BCUT2D eigenvalue weighted by atomic mass is 36.0. The van der Waals surface area contributed by atoms with E-state index in [0.29, 0.717) is 21.7 Å². The van der Waals surface area contributed by atoms with Gasteiger partial charge in [0.1, 0.15) is 5.15 Å². The number of rotatable bonds is 1. The number of nitrogen functional groups attached to an aromatic ring is 1. The molecule has 0 amide bonds. The first-order valence-corrected chi connectivity index (χ1v) is 18.5. The average molecular weight is 748 g/mol. The molecule has 0 aliphatic rings. The van der Waals surface area contributed by atoms with E-state index in [4.69, 9.17) is 34.0 Å². The molecule has 0 radical (unpaired) electrons. The minimum Gasteiger partial charge on any atom is -0.478 e. The molecule has 16 heteroatoms. The number of aromatic nitrogens is 4. The molecule has 2 heterocycles. The van der Waals surface area contributed by atoms with E-state index in [9.17, 15) is 18.9 Å². The number of aromatic amines is 2. The monoisotopic (exact) mass is 745 g/mol. The van der Waals surface area contributed by atoms with Gasteiger partial charge in [0.2, 0.25) is 5.28 Å². The van der Waals surface area contributed by atoms with Gasteiger partial charge in [0.15, 0.2) is 0 Å². The third-order valence-corrected chi connectivity index (χ3v) is 4.82. The zero-order valence-corrected chi connectivity index (χ0v) is 30.0. The minimum absolute atomic E-state index is 0. The second-order valence-corrected chi connectivity index (χ2v) is 14.4. The zero-order chi connectivity index (χ0) is 35.2. The number of para-hydroxylation sites is 3. The summed E-state index contributed by atoms with van der Waals surface area (Å²) in [4.78, 5) is 44.8. The van der Waals surface area contributed by atoms with Crippen molar-refractivity contribution < 1.29 is 17.3 Å². The Labute approximate surface area is 288 Å². The van der Waals surface area contributed by atoms with Crippen LogP contribution in [-0.4, -0.2) is 31.0 Å². The van der Waals surface area contributed by atoms with Crippen LogP contribution < -0.4 is 17.0 Å². The third kappa shape index (κ3) is 18.5. The van der Waals surface area contributed by atoms with Crippen LogP contribution in [0.1, 0.15) is 54.8 Å². The Balaban J connectivity index is -0.000000253. The Morgan fingerprint density at radius 1 is 0.778 bits per heavy atom. The third-order valence-electron chi connectivity index (χ3n) is 4.37. The number of benzene rings is 3. The molecule has 10 nitrogen and oxygen atoms in total. The molecule has 0 saturated heterocycles. The summed E-state index contributed by atoms with van der Waals surface area (Å²) in [6.07, 6.45) is 0. The lowest BCUT2D eigenvalue weighted by atomic mass is 10.2. The average Bonchev–Trinajstić information content (AvgIpc) is 3.00. The van der Waals surface area contributed by atoms with E-state index in [1.807, 2.05) is 65.8 Å². The van der Waals surface area contributed by atoms with Gasteiger partial charge in [-0.3, -0.25) is 14.3 Å². The SMILES string of the molecule is CC.CC.CC.Clc1nc(Cl)c2ccccc2n1.Nc1ccccc1C(=O)O.O=P(Cl)(Cl)Cl.O=c1[nH]c(=O)c2ccccc2[nH]1.[2HH].[2HH]. The van der Waals surface area contributed by atoms with Crippen molar-refractivity contribution in [3.63, 3.8) is 0 Å². The number of nitrogens with one attached hydrogen (secondary N) is 2. The van der Waals surface area contributed by atoms with Crippen LogP contribution >= 0.6 is 62.1 Å². The lowest BCUT2D eigenvalue weighted by Gasteiger charge is -1.97. The number of hydrogen-bond acceptors (Lipinski definition) is 7. The fourth-order valence-corrected chi connectivity index (χ4v) is 3.28. The topological polar surface area (TPSA) is 172 Å². The van der Waals surface area contributed by atoms with Crippen molar-refractivity contribution in [3.8, 4) is 0 Å². The van der Waals surface area contributed by atoms with E-state index in [1.165, 1.54) is 6.07 Å². The van der Waals surface area contributed by atoms with E-state index >= 15 is 0 Å². The van der Waals surface area contributed by atoms with Gasteiger partial charge in [0.25, 0.3) is 5.56 Å². The lowest BCUT2D eigenvalue weighted by molar-refractivity contribution is 0.0698. The van der Waals surface area contributed by atoms with Crippen molar-refractivity contribution >= 4 is 95.6 Å². The number of anilines is 1. The Morgan fingerprint density at radius 3 is 1.76 bits per heavy atom. The van der Waals surface area contributed by atoms with Crippen molar-refractivity contribution in [1.29, 1.82) is 0 Å². The van der Waals surface area contributed by atoms with Crippen LogP contribution in [0.5, 0.6) is 0 Å². The maximum atomic E-state index is 11.1. The molecule has 5 N–H and O–H groups in total. The van der Waals surface area contributed by atoms with Crippen LogP contribution in [0.4, 0.5) is 5.69 Å². The van der Waals surface area contributed by atoms with E-state index < -0.39 is 16.9 Å². The van der Waals surface area contributed by atoms with Crippen LogP contribution in [0.25, 0.3) is 21.8 Å². The van der Waals surface area contributed by atoms with Crippen LogP contribution in [0.2, 0.25) is 10.4 Å². The molecule has 5 rings (SSSR count). The minimum atomic E-state index is -3.22.